The fourth-order valence-corrected chi connectivity index (χ4v) is 3.87. The Hall–Kier alpha value is -2.34. The van der Waals surface area contributed by atoms with Crippen LogP contribution in [0.1, 0.15) is 25.6 Å². The lowest BCUT2D eigenvalue weighted by Crippen LogP contribution is -2.24. The first-order valence-corrected chi connectivity index (χ1v) is 9.17. The van der Waals surface area contributed by atoms with Crippen molar-refractivity contribution in [2.24, 2.45) is 0 Å². The summed E-state index contributed by atoms with van der Waals surface area (Å²) >= 11 is 13.0. The fourth-order valence-electron chi connectivity index (χ4n) is 2.40. The highest BCUT2D eigenvalue weighted by Gasteiger charge is 2.21. The molecule has 0 atom stereocenters. The van der Waals surface area contributed by atoms with E-state index in [9.17, 15) is 14.7 Å². The van der Waals surface area contributed by atoms with Crippen LogP contribution in [0.5, 0.6) is 0 Å². The first-order chi connectivity index (χ1) is 12.5. The van der Waals surface area contributed by atoms with Gasteiger partial charge in [-0.3, -0.25) is 4.79 Å². The Kier molecular flexibility index (Phi) is 5.61. The smallest absolute Gasteiger partial charge is 0.346 e. The minimum Gasteiger partial charge on any atom is -0.477 e. The summed E-state index contributed by atoms with van der Waals surface area (Å²) in [4.78, 5) is 24.8. The van der Waals surface area contributed by atoms with Crippen LogP contribution < -0.4 is 5.32 Å². The third-order valence-electron chi connectivity index (χ3n) is 3.68. The number of benzene rings is 2. The molecular weight excluding hydrogens is 393 g/mol. The molecule has 0 radical (unpaired) electrons. The molecule has 0 bridgehead atoms. The lowest BCUT2D eigenvalue weighted by molar-refractivity contribution is 0.0696. The third kappa shape index (κ3) is 4.07. The molecule has 4 nitrogen and oxygen atoms in total. The van der Waals surface area contributed by atoms with Gasteiger partial charge in [0.25, 0.3) is 5.91 Å². The predicted octanol–water partition coefficient (Wildman–Crippen LogP) is 5.35. The maximum absolute atomic E-state index is 12.5. The Morgan fingerprint density at radius 3 is 2.42 bits per heavy atom. The quantitative estimate of drug-likeness (QED) is 0.600. The molecule has 3 aromatic rings. The standard InChI is InChI=1S/C19H13Cl2NO3S/c20-13-7-6-12(15(21)8-13)10-22-18(23)14-9-16(26-17(14)19(24)25)11-4-2-1-3-5-11/h1-9H,10H2,(H,22,23)(H,24,25). The lowest BCUT2D eigenvalue weighted by Gasteiger charge is -2.07. The van der Waals surface area contributed by atoms with Crippen LogP contribution in [0.4, 0.5) is 0 Å². The van der Waals surface area contributed by atoms with Crippen molar-refractivity contribution < 1.29 is 14.7 Å². The molecule has 0 aliphatic heterocycles. The van der Waals surface area contributed by atoms with Gasteiger partial charge in [-0.2, -0.15) is 0 Å². The third-order valence-corrected chi connectivity index (χ3v) is 5.44. The molecule has 26 heavy (non-hydrogen) atoms. The molecule has 0 spiro atoms. The first kappa shape index (κ1) is 18.5. The molecule has 1 amide bonds. The van der Waals surface area contributed by atoms with Gasteiger partial charge in [0.05, 0.1) is 5.56 Å². The van der Waals surface area contributed by atoms with Gasteiger partial charge in [0, 0.05) is 21.5 Å². The van der Waals surface area contributed by atoms with E-state index in [1.54, 1.807) is 24.3 Å². The predicted molar refractivity (Wildman–Crippen MR) is 104 cm³/mol. The van der Waals surface area contributed by atoms with Gasteiger partial charge in [-0.15, -0.1) is 11.3 Å². The molecule has 0 aliphatic rings. The summed E-state index contributed by atoms with van der Waals surface area (Å²) in [6, 6.07) is 15.9. The van der Waals surface area contributed by atoms with Gasteiger partial charge in [-0.25, -0.2) is 4.79 Å². The molecule has 1 heterocycles. The van der Waals surface area contributed by atoms with Crippen LogP contribution >= 0.6 is 34.5 Å². The number of hydrogen-bond acceptors (Lipinski definition) is 3. The molecule has 2 N–H and O–H groups in total. The molecular formula is C19H13Cl2NO3S. The summed E-state index contributed by atoms with van der Waals surface area (Å²) in [5, 5.41) is 13.1. The highest BCUT2D eigenvalue weighted by Crippen LogP contribution is 2.31. The Balaban J connectivity index is 1.84. The average Bonchev–Trinajstić information content (AvgIpc) is 3.07. The van der Waals surface area contributed by atoms with Gasteiger partial charge in [0.1, 0.15) is 4.88 Å². The number of carbonyl (C=O) groups excluding carboxylic acids is 1. The van der Waals surface area contributed by atoms with Crippen LogP contribution in [0.2, 0.25) is 10.0 Å². The maximum Gasteiger partial charge on any atom is 0.346 e. The van der Waals surface area contributed by atoms with Gasteiger partial charge in [-0.1, -0.05) is 59.6 Å². The Morgan fingerprint density at radius 1 is 1.04 bits per heavy atom. The van der Waals surface area contributed by atoms with E-state index in [-0.39, 0.29) is 17.0 Å². The van der Waals surface area contributed by atoms with Crippen molar-refractivity contribution in [1.29, 1.82) is 0 Å². The van der Waals surface area contributed by atoms with E-state index in [2.05, 4.69) is 5.32 Å². The minimum absolute atomic E-state index is 0.00329. The summed E-state index contributed by atoms with van der Waals surface area (Å²) in [6.07, 6.45) is 0. The van der Waals surface area contributed by atoms with Gasteiger partial charge < -0.3 is 10.4 Å². The van der Waals surface area contributed by atoms with Crippen molar-refractivity contribution in [3.05, 3.63) is 80.6 Å². The molecule has 3 rings (SSSR count). The van der Waals surface area contributed by atoms with Gasteiger partial charge in [0.15, 0.2) is 0 Å². The first-order valence-electron chi connectivity index (χ1n) is 7.60. The molecule has 132 valence electrons. The lowest BCUT2D eigenvalue weighted by atomic mass is 10.1. The highest BCUT2D eigenvalue weighted by molar-refractivity contribution is 7.17. The monoisotopic (exact) mass is 405 g/mol. The Labute approximate surface area is 164 Å². The van der Waals surface area contributed by atoms with Crippen LogP contribution in [0.3, 0.4) is 0 Å². The zero-order chi connectivity index (χ0) is 18.7. The number of halogens is 2. The van der Waals surface area contributed by atoms with Crippen LogP contribution in [0.15, 0.2) is 54.6 Å². The Morgan fingerprint density at radius 2 is 1.77 bits per heavy atom. The van der Waals surface area contributed by atoms with E-state index in [0.717, 1.165) is 21.8 Å². The van der Waals surface area contributed by atoms with Crippen LogP contribution in [-0.4, -0.2) is 17.0 Å². The fraction of sp³-hybridized carbons (Fsp3) is 0.0526. The number of hydrogen-bond donors (Lipinski definition) is 2. The number of carbonyl (C=O) groups is 2. The number of rotatable bonds is 5. The molecule has 0 unspecified atom stereocenters. The number of carboxylic acids is 1. The topological polar surface area (TPSA) is 66.4 Å². The van der Waals surface area contributed by atoms with Crippen molar-refractivity contribution in [2.75, 3.05) is 0 Å². The SMILES string of the molecule is O=C(NCc1ccc(Cl)cc1Cl)c1cc(-c2ccccc2)sc1C(=O)O. The normalized spacial score (nSPS) is 10.5. The van der Waals surface area contributed by atoms with Crippen LogP contribution in [0.25, 0.3) is 10.4 Å². The van der Waals surface area contributed by atoms with Crippen molar-refractivity contribution in [2.45, 2.75) is 6.54 Å². The second-order valence-electron chi connectivity index (χ2n) is 5.44. The molecule has 2 aromatic carbocycles. The zero-order valence-electron chi connectivity index (χ0n) is 13.3. The van der Waals surface area contributed by atoms with Gasteiger partial charge >= 0.3 is 5.97 Å². The van der Waals surface area contributed by atoms with Crippen molar-refractivity contribution in [3.8, 4) is 10.4 Å². The molecule has 0 fully saturated rings. The van der Waals surface area contributed by atoms with E-state index in [0.29, 0.717) is 15.6 Å². The largest absolute Gasteiger partial charge is 0.477 e. The van der Waals surface area contributed by atoms with E-state index in [4.69, 9.17) is 23.2 Å². The number of aromatic carboxylic acids is 1. The molecule has 0 aliphatic carbocycles. The van der Waals surface area contributed by atoms with Crippen LogP contribution in [0, 0.1) is 0 Å². The molecule has 7 heteroatoms. The summed E-state index contributed by atoms with van der Waals surface area (Å²) in [5.41, 5.74) is 1.69. The number of amides is 1. The number of carboxylic acid groups (broad SMARTS) is 1. The number of nitrogens with one attached hydrogen (secondary N) is 1. The summed E-state index contributed by atoms with van der Waals surface area (Å²) in [7, 11) is 0. The zero-order valence-corrected chi connectivity index (χ0v) is 15.7. The maximum atomic E-state index is 12.5. The summed E-state index contributed by atoms with van der Waals surface area (Å²) < 4.78 is 0. The Bertz CT molecular complexity index is 970. The van der Waals surface area contributed by atoms with E-state index in [1.165, 1.54) is 0 Å². The molecule has 0 saturated carbocycles. The number of thiophene rings is 1. The van der Waals surface area contributed by atoms with Crippen LogP contribution in [-0.2, 0) is 6.54 Å². The van der Waals surface area contributed by atoms with Crippen molar-refractivity contribution >= 4 is 46.4 Å². The van der Waals surface area contributed by atoms with Gasteiger partial charge in [-0.05, 0) is 29.3 Å². The second kappa shape index (κ2) is 7.91. The van der Waals surface area contributed by atoms with E-state index < -0.39 is 11.9 Å². The van der Waals surface area contributed by atoms with E-state index in [1.807, 2.05) is 30.3 Å². The van der Waals surface area contributed by atoms with Crippen molar-refractivity contribution in [1.82, 2.24) is 5.32 Å². The second-order valence-corrected chi connectivity index (χ2v) is 7.34. The summed E-state index contributed by atoms with van der Waals surface area (Å²) in [5.74, 6) is -1.60. The van der Waals surface area contributed by atoms with E-state index >= 15 is 0 Å². The highest BCUT2D eigenvalue weighted by atomic mass is 35.5. The molecule has 0 saturated heterocycles. The van der Waals surface area contributed by atoms with Crippen molar-refractivity contribution in [3.63, 3.8) is 0 Å². The average molecular weight is 406 g/mol. The van der Waals surface area contributed by atoms with Gasteiger partial charge in [0.2, 0.25) is 0 Å². The molecule has 1 aromatic heterocycles. The minimum atomic E-state index is -1.13. The summed E-state index contributed by atoms with van der Waals surface area (Å²) in [6.45, 7) is 0.171.